The topological polar surface area (TPSA) is 133 Å². The van der Waals surface area contributed by atoms with Crippen LogP contribution in [-0.2, 0) is 19.6 Å². The summed E-state index contributed by atoms with van der Waals surface area (Å²) in [6.07, 6.45) is 4.67. The van der Waals surface area contributed by atoms with Crippen LogP contribution in [-0.4, -0.2) is 42.4 Å². The van der Waals surface area contributed by atoms with Crippen molar-refractivity contribution in [1.29, 1.82) is 0 Å². The van der Waals surface area contributed by atoms with E-state index in [4.69, 9.17) is 20.8 Å². The summed E-state index contributed by atoms with van der Waals surface area (Å²) in [7, 11) is -4.11. The first-order valence-electron chi connectivity index (χ1n) is 7.85. The van der Waals surface area contributed by atoms with Crippen molar-refractivity contribution in [2.45, 2.75) is 56.2 Å². The highest BCUT2D eigenvalue weighted by Gasteiger charge is 2.55. The van der Waals surface area contributed by atoms with Crippen molar-refractivity contribution in [3.63, 3.8) is 0 Å². The maximum absolute atomic E-state index is 12.1. The lowest BCUT2D eigenvalue weighted by Crippen LogP contribution is -2.62. The molecule has 5 N–H and O–H groups in total. The molecule has 0 aromatic rings. The van der Waals surface area contributed by atoms with Crippen LogP contribution in [0.1, 0.15) is 38.5 Å². The van der Waals surface area contributed by atoms with Crippen molar-refractivity contribution in [1.82, 2.24) is 0 Å². The largest absolute Gasteiger partial charge is 0.461 e. The van der Waals surface area contributed by atoms with Gasteiger partial charge in [0.05, 0.1) is 5.75 Å². The fourth-order valence-corrected chi connectivity index (χ4v) is 5.40. The summed E-state index contributed by atoms with van der Waals surface area (Å²) in [5.41, 5.74) is 12.0. The Kier molecular flexibility index (Phi) is 3.99. The van der Waals surface area contributed by atoms with E-state index in [0.717, 1.165) is 32.1 Å². The fraction of sp³-hybridized carbons (Fsp3) is 0.929. The standard InChI is InChI=1S/C14H24N2O5S/c15-11(1-2-22(18,19)20)13(17)21-12-9-3-8-4-10(12)7-14(16,5-8)6-9/h8-12H,1-7,15-16H2,(H,18,19,20). The molecular weight excluding hydrogens is 308 g/mol. The summed E-state index contributed by atoms with van der Waals surface area (Å²) in [4.78, 5) is 12.1. The zero-order valence-corrected chi connectivity index (χ0v) is 13.3. The molecule has 3 atom stereocenters. The summed E-state index contributed by atoms with van der Waals surface area (Å²) in [5.74, 6) is 0.134. The van der Waals surface area contributed by atoms with Crippen LogP contribution in [0.4, 0.5) is 0 Å². The maximum Gasteiger partial charge on any atom is 0.323 e. The summed E-state index contributed by atoms with van der Waals surface area (Å²) < 4.78 is 35.8. The first-order valence-corrected chi connectivity index (χ1v) is 9.46. The second-order valence-electron chi connectivity index (χ2n) is 7.42. The van der Waals surface area contributed by atoms with E-state index >= 15 is 0 Å². The Morgan fingerprint density at radius 3 is 2.36 bits per heavy atom. The third-order valence-electron chi connectivity index (χ3n) is 5.48. The summed E-state index contributed by atoms with van der Waals surface area (Å²) >= 11 is 0. The average molecular weight is 332 g/mol. The monoisotopic (exact) mass is 332 g/mol. The normalized spacial score (nSPS) is 41.4. The first-order chi connectivity index (χ1) is 10.2. The lowest BCUT2D eigenvalue weighted by Gasteiger charge is -2.58. The van der Waals surface area contributed by atoms with E-state index in [1.54, 1.807) is 0 Å². The molecule has 0 saturated heterocycles. The number of carbonyl (C=O) groups is 1. The van der Waals surface area contributed by atoms with Gasteiger partial charge < -0.3 is 16.2 Å². The smallest absolute Gasteiger partial charge is 0.323 e. The van der Waals surface area contributed by atoms with Gasteiger partial charge in [0.15, 0.2) is 0 Å². The Bertz CT molecular complexity index is 548. The van der Waals surface area contributed by atoms with Gasteiger partial charge in [-0.1, -0.05) is 0 Å². The average Bonchev–Trinajstić information content (AvgIpc) is 2.37. The van der Waals surface area contributed by atoms with Crippen molar-refractivity contribution in [3.05, 3.63) is 0 Å². The first kappa shape index (κ1) is 16.2. The quantitative estimate of drug-likeness (QED) is 0.478. The second kappa shape index (κ2) is 5.43. The molecule has 4 saturated carbocycles. The number of hydrogen-bond acceptors (Lipinski definition) is 6. The molecule has 126 valence electrons. The molecule has 4 aliphatic carbocycles. The van der Waals surface area contributed by atoms with Gasteiger partial charge in [-0.3, -0.25) is 9.35 Å². The molecule has 8 heteroatoms. The van der Waals surface area contributed by atoms with Crippen molar-refractivity contribution < 1.29 is 22.5 Å². The molecule has 4 fully saturated rings. The van der Waals surface area contributed by atoms with Gasteiger partial charge in [0.1, 0.15) is 12.1 Å². The van der Waals surface area contributed by atoms with Crippen LogP contribution in [0.3, 0.4) is 0 Å². The van der Waals surface area contributed by atoms with Gasteiger partial charge in [-0.15, -0.1) is 0 Å². The lowest BCUT2D eigenvalue weighted by atomic mass is 9.52. The SMILES string of the molecule is NC(CCS(=O)(=O)O)C(=O)OC1C2CC3CC1CC(N)(C3)C2. The molecule has 0 heterocycles. The number of rotatable bonds is 5. The molecule has 3 unspecified atom stereocenters. The number of hydrogen-bond donors (Lipinski definition) is 3. The lowest BCUT2D eigenvalue weighted by molar-refractivity contribution is -0.174. The van der Waals surface area contributed by atoms with Crippen molar-refractivity contribution in [3.8, 4) is 0 Å². The third kappa shape index (κ3) is 3.29. The number of esters is 1. The zero-order valence-electron chi connectivity index (χ0n) is 12.5. The van der Waals surface area contributed by atoms with Gasteiger partial charge in [-0.2, -0.15) is 8.42 Å². The van der Waals surface area contributed by atoms with E-state index in [0.29, 0.717) is 17.8 Å². The van der Waals surface area contributed by atoms with Gasteiger partial charge >= 0.3 is 5.97 Å². The second-order valence-corrected chi connectivity index (χ2v) is 8.99. The summed E-state index contributed by atoms with van der Waals surface area (Å²) in [6, 6.07) is -1.02. The van der Waals surface area contributed by atoms with Crippen LogP contribution in [0.2, 0.25) is 0 Å². The van der Waals surface area contributed by atoms with Crippen molar-refractivity contribution in [2.75, 3.05) is 5.75 Å². The van der Waals surface area contributed by atoms with Gasteiger partial charge in [0.25, 0.3) is 10.1 Å². The van der Waals surface area contributed by atoms with Gasteiger partial charge in [-0.25, -0.2) is 0 Å². The Morgan fingerprint density at radius 1 is 1.27 bits per heavy atom. The molecule has 0 radical (unpaired) electrons. The molecule has 0 aromatic heterocycles. The van der Waals surface area contributed by atoms with Gasteiger partial charge in [0, 0.05) is 5.54 Å². The van der Waals surface area contributed by atoms with Crippen LogP contribution >= 0.6 is 0 Å². The van der Waals surface area contributed by atoms with Crippen LogP contribution in [0, 0.1) is 17.8 Å². The van der Waals surface area contributed by atoms with E-state index in [2.05, 4.69) is 0 Å². The number of nitrogens with two attached hydrogens (primary N) is 2. The molecule has 4 bridgehead atoms. The van der Waals surface area contributed by atoms with Crippen molar-refractivity contribution >= 4 is 16.1 Å². The van der Waals surface area contributed by atoms with Crippen LogP contribution in [0.25, 0.3) is 0 Å². The Morgan fingerprint density at radius 2 is 1.86 bits per heavy atom. The highest BCUT2D eigenvalue weighted by atomic mass is 32.2. The van der Waals surface area contributed by atoms with E-state index in [9.17, 15) is 13.2 Å². The molecule has 22 heavy (non-hydrogen) atoms. The van der Waals surface area contributed by atoms with Crippen molar-refractivity contribution in [2.24, 2.45) is 29.2 Å². The molecule has 7 nitrogen and oxygen atoms in total. The highest BCUT2D eigenvalue weighted by molar-refractivity contribution is 7.85. The van der Waals surface area contributed by atoms with E-state index in [1.807, 2.05) is 0 Å². The Hall–Kier alpha value is -0.700. The minimum absolute atomic E-state index is 0.0908. The minimum Gasteiger partial charge on any atom is -0.461 e. The minimum atomic E-state index is -4.11. The molecular formula is C14H24N2O5S. The maximum atomic E-state index is 12.1. The molecule has 0 spiro atoms. The molecule has 0 aliphatic heterocycles. The molecule has 4 aliphatic rings. The molecule has 4 rings (SSSR count). The van der Waals surface area contributed by atoms with E-state index in [1.165, 1.54) is 0 Å². The van der Waals surface area contributed by atoms with Crippen LogP contribution < -0.4 is 11.5 Å². The van der Waals surface area contributed by atoms with Crippen LogP contribution in [0.15, 0.2) is 0 Å². The van der Waals surface area contributed by atoms with E-state index in [-0.39, 0.29) is 18.1 Å². The third-order valence-corrected chi connectivity index (χ3v) is 6.23. The van der Waals surface area contributed by atoms with Gasteiger partial charge in [0.2, 0.25) is 0 Å². The van der Waals surface area contributed by atoms with Crippen LogP contribution in [0.5, 0.6) is 0 Å². The predicted molar refractivity (Wildman–Crippen MR) is 79.4 cm³/mol. The summed E-state index contributed by atoms with van der Waals surface area (Å²) in [6.45, 7) is 0. The zero-order chi connectivity index (χ0) is 16.1. The Labute approximate surface area is 130 Å². The number of ether oxygens (including phenoxy) is 1. The molecule has 0 amide bonds. The van der Waals surface area contributed by atoms with Gasteiger partial charge in [-0.05, 0) is 56.3 Å². The summed E-state index contributed by atoms with van der Waals surface area (Å²) in [5, 5.41) is 0. The Balaban J connectivity index is 1.58. The number of carbonyl (C=O) groups excluding carboxylic acids is 1. The fourth-order valence-electron chi connectivity index (χ4n) is 4.85. The van der Waals surface area contributed by atoms with E-state index < -0.39 is 27.9 Å². The predicted octanol–water partition coefficient (Wildman–Crippen LogP) is 0.0408. The molecule has 0 aromatic carbocycles. The highest BCUT2D eigenvalue weighted by Crippen LogP contribution is 2.55.